The second-order valence-corrected chi connectivity index (χ2v) is 7.63. The van der Waals surface area contributed by atoms with Crippen LogP contribution in [0.4, 0.5) is 4.39 Å². The third-order valence-electron chi connectivity index (χ3n) is 5.38. The normalized spacial score (nSPS) is 16.0. The molecule has 0 spiro atoms. The Balaban J connectivity index is 1.30. The highest BCUT2D eigenvalue weighted by atomic mass is 19.1. The molecule has 2 aromatic carbocycles. The number of nitrogens with zero attached hydrogens (tertiary/aromatic N) is 3. The lowest BCUT2D eigenvalue weighted by Crippen LogP contribution is -2.28. The lowest BCUT2D eigenvalue weighted by Gasteiger charge is -2.12. The molecule has 1 fully saturated rings. The molecule has 0 unspecified atom stereocenters. The molecule has 158 valence electrons. The van der Waals surface area contributed by atoms with Crippen LogP contribution in [0.5, 0.6) is 11.6 Å². The molecule has 0 amide bonds. The first kappa shape index (κ1) is 19.5. The van der Waals surface area contributed by atoms with E-state index in [1.165, 1.54) is 18.6 Å². The summed E-state index contributed by atoms with van der Waals surface area (Å²) in [6.07, 6.45) is 4.16. The van der Waals surface area contributed by atoms with Gasteiger partial charge in [-0.2, -0.15) is 0 Å². The lowest BCUT2D eigenvalue weighted by atomic mass is 10.1. The van der Waals surface area contributed by atoms with Crippen LogP contribution in [0.25, 0.3) is 16.9 Å². The Morgan fingerprint density at radius 1 is 1.06 bits per heavy atom. The summed E-state index contributed by atoms with van der Waals surface area (Å²) in [4.78, 5) is 4.43. The van der Waals surface area contributed by atoms with Crippen molar-refractivity contribution >= 4 is 5.65 Å². The van der Waals surface area contributed by atoms with E-state index in [1.807, 2.05) is 36.4 Å². The molecule has 1 aliphatic heterocycles. The van der Waals surface area contributed by atoms with Gasteiger partial charge in [-0.25, -0.2) is 13.9 Å². The largest absolute Gasteiger partial charge is 0.492 e. The average molecular weight is 418 g/mol. The summed E-state index contributed by atoms with van der Waals surface area (Å²) < 4.78 is 26.8. The first-order valence-electron chi connectivity index (χ1n) is 10.4. The molecule has 2 aromatic heterocycles. The molecule has 0 bridgehead atoms. The van der Waals surface area contributed by atoms with E-state index in [9.17, 15) is 4.39 Å². The minimum Gasteiger partial charge on any atom is -0.492 e. The summed E-state index contributed by atoms with van der Waals surface area (Å²) in [6.45, 7) is 1.99. The van der Waals surface area contributed by atoms with Gasteiger partial charge in [0.15, 0.2) is 5.65 Å². The quantitative estimate of drug-likeness (QED) is 0.486. The van der Waals surface area contributed by atoms with Crippen LogP contribution < -0.4 is 14.8 Å². The van der Waals surface area contributed by atoms with Crippen molar-refractivity contribution in [2.75, 3.05) is 13.2 Å². The van der Waals surface area contributed by atoms with E-state index in [4.69, 9.17) is 9.47 Å². The van der Waals surface area contributed by atoms with Gasteiger partial charge in [-0.3, -0.25) is 0 Å². The zero-order valence-corrected chi connectivity index (χ0v) is 17.0. The fraction of sp³-hybridized carbons (Fsp3) is 0.250. The Kier molecular flexibility index (Phi) is 5.50. The Bertz CT molecular complexity index is 1170. The summed E-state index contributed by atoms with van der Waals surface area (Å²) in [7, 11) is 0. The van der Waals surface area contributed by atoms with Crippen molar-refractivity contribution in [1.29, 1.82) is 0 Å². The molecule has 6 nitrogen and oxygen atoms in total. The molecule has 0 radical (unpaired) electrons. The number of halogens is 1. The van der Waals surface area contributed by atoms with Crippen molar-refractivity contribution in [3.8, 4) is 22.9 Å². The number of nitrogens with one attached hydrogen (secondary N) is 1. The van der Waals surface area contributed by atoms with Gasteiger partial charge in [0.2, 0.25) is 5.88 Å². The number of aromatic nitrogens is 3. The predicted molar refractivity (Wildman–Crippen MR) is 116 cm³/mol. The molecule has 1 saturated heterocycles. The first-order chi connectivity index (χ1) is 15.2. The number of fused-ring (bicyclic) bond motifs is 1. The molecule has 3 heterocycles. The van der Waals surface area contributed by atoms with Crippen molar-refractivity contribution in [2.45, 2.75) is 25.5 Å². The molecule has 7 heteroatoms. The van der Waals surface area contributed by atoms with Crippen LogP contribution in [0.3, 0.4) is 0 Å². The van der Waals surface area contributed by atoms with Crippen LogP contribution in [-0.2, 0) is 6.61 Å². The molecule has 0 saturated carbocycles. The highest BCUT2D eigenvalue weighted by Crippen LogP contribution is 2.24. The van der Waals surface area contributed by atoms with Crippen LogP contribution in [0.2, 0.25) is 0 Å². The molecule has 1 aliphatic rings. The number of hydrogen-bond donors (Lipinski definition) is 1. The monoisotopic (exact) mass is 418 g/mol. The number of benzene rings is 2. The van der Waals surface area contributed by atoms with Crippen LogP contribution in [0, 0.1) is 5.82 Å². The smallest absolute Gasteiger partial charge is 0.232 e. The van der Waals surface area contributed by atoms with Crippen LogP contribution in [-0.4, -0.2) is 33.8 Å². The number of rotatable bonds is 7. The maximum Gasteiger partial charge on any atom is 0.232 e. The van der Waals surface area contributed by atoms with E-state index in [-0.39, 0.29) is 12.4 Å². The standard InChI is InChI=1S/C24H23FN4O2/c25-19-4-1-3-17(13-19)15-31-24-11-10-23-27-14-22(29(23)28-24)18-6-8-21(9-7-18)30-16-20-5-2-12-26-20/h1,3-4,6-11,13-14,20,26H,2,5,12,15-16H2/t20-/m1/s1. The summed E-state index contributed by atoms with van der Waals surface area (Å²) in [5.41, 5.74) is 3.31. The predicted octanol–water partition coefficient (Wildman–Crippen LogP) is 4.25. The summed E-state index contributed by atoms with van der Waals surface area (Å²) in [6, 6.07) is 18.3. The van der Waals surface area contributed by atoms with Gasteiger partial charge in [0.1, 0.15) is 24.8 Å². The SMILES string of the molecule is Fc1cccc(COc2ccc3ncc(-c4ccc(OC[C@H]5CCCN5)cc4)n3n2)c1. The summed E-state index contributed by atoms with van der Waals surface area (Å²) in [5.74, 6) is 1.01. The van der Waals surface area contributed by atoms with E-state index < -0.39 is 0 Å². The van der Waals surface area contributed by atoms with Crippen molar-refractivity contribution in [3.63, 3.8) is 0 Å². The first-order valence-corrected chi connectivity index (χ1v) is 10.4. The van der Waals surface area contributed by atoms with E-state index in [0.717, 1.165) is 41.2 Å². The fourth-order valence-electron chi connectivity index (χ4n) is 3.73. The van der Waals surface area contributed by atoms with E-state index in [1.54, 1.807) is 22.8 Å². The van der Waals surface area contributed by atoms with Gasteiger partial charge < -0.3 is 14.8 Å². The Morgan fingerprint density at radius 3 is 2.77 bits per heavy atom. The zero-order valence-electron chi connectivity index (χ0n) is 17.0. The topological polar surface area (TPSA) is 60.7 Å². The third kappa shape index (κ3) is 4.51. The van der Waals surface area contributed by atoms with Gasteiger partial charge in [-0.15, -0.1) is 5.10 Å². The van der Waals surface area contributed by atoms with Gasteiger partial charge >= 0.3 is 0 Å². The minimum absolute atomic E-state index is 0.238. The molecule has 4 aromatic rings. The Labute approximate surface area is 179 Å². The van der Waals surface area contributed by atoms with E-state index in [0.29, 0.717) is 18.5 Å². The summed E-state index contributed by atoms with van der Waals surface area (Å²) in [5, 5.41) is 7.99. The van der Waals surface area contributed by atoms with E-state index in [2.05, 4.69) is 15.4 Å². The van der Waals surface area contributed by atoms with Gasteiger partial charge in [0.05, 0.1) is 11.9 Å². The van der Waals surface area contributed by atoms with Gasteiger partial charge in [-0.05, 0) is 67.4 Å². The van der Waals surface area contributed by atoms with Crippen molar-refractivity contribution in [2.24, 2.45) is 0 Å². The van der Waals surface area contributed by atoms with Crippen LogP contribution in [0.1, 0.15) is 18.4 Å². The molecule has 1 N–H and O–H groups in total. The lowest BCUT2D eigenvalue weighted by molar-refractivity contribution is 0.277. The van der Waals surface area contributed by atoms with Crippen molar-refractivity contribution < 1.29 is 13.9 Å². The Morgan fingerprint density at radius 2 is 1.97 bits per heavy atom. The second kappa shape index (κ2) is 8.73. The van der Waals surface area contributed by atoms with Gasteiger partial charge in [0, 0.05) is 17.7 Å². The van der Waals surface area contributed by atoms with Crippen molar-refractivity contribution in [1.82, 2.24) is 19.9 Å². The van der Waals surface area contributed by atoms with E-state index >= 15 is 0 Å². The highest BCUT2D eigenvalue weighted by Gasteiger charge is 2.14. The minimum atomic E-state index is -0.284. The molecular formula is C24H23FN4O2. The Hall–Kier alpha value is -3.45. The number of ether oxygens (including phenoxy) is 2. The molecule has 0 aliphatic carbocycles. The van der Waals surface area contributed by atoms with Crippen LogP contribution >= 0.6 is 0 Å². The number of hydrogen-bond acceptors (Lipinski definition) is 5. The van der Waals surface area contributed by atoms with Crippen molar-refractivity contribution in [3.05, 3.63) is 78.2 Å². The molecule has 31 heavy (non-hydrogen) atoms. The van der Waals surface area contributed by atoms with Gasteiger partial charge in [-0.1, -0.05) is 12.1 Å². The maximum absolute atomic E-state index is 13.4. The number of imidazole rings is 1. The van der Waals surface area contributed by atoms with Crippen LogP contribution in [0.15, 0.2) is 66.9 Å². The molecular weight excluding hydrogens is 395 g/mol. The maximum atomic E-state index is 13.4. The summed E-state index contributed by atoms with van der Waals surface area (Å²) >= 11 is 0. The highest BCUT2D eigenvalue weighted by molar-refractivity contribution is 5.63. The average Bonchev–Trinajstić information content (AvgIpc) is 3.46. The molecule has 1 atom stereocenters. The fourth-order valence-corrected chi connectivity index (χ4v) is 3.73. The second-order valence-electron chi connectivity index (χ2n) is 7.63. The molecule has 5 rings (SSSR count). The van der Waals surface area contributed by atoms with Gasteiger partial charge in [0.25, 0.3) is 0 Å². The zero-order chi connectivity index (χ0) is 21.0. The third-order valence-corrected chi connectivity index (χ3v) is 5.38.